The van der Waals surface area contributed by atoms with Gasteiger partial charge in [0, 0.05) is 11.7 Å². The Morgan fingerprint density at radius 1 is 1.29 bits per heavy atom. The van der Waals surface area contributed by atoms with Crippen molar-refractivity contribution in [1.82, 2.24) is 9.55 Å². The van der Waals surface area contributed by atoms with E-state index in [-0.39, 0.29) is 0 Å². The van der Waals surface area contributed by atoms with Crippen molar-refractivity contribution in [3.8, 4) is 5.75 Å². The second kappa shape index (κ2) is 4.13. The number of ether oxygens (including phenoxy) is 1. The molecule has 1 aromatic heterocycles. The highest BCUT2D eigenvalue weighted by Crippen LogP contribution is 2.35. The lowest BCUT2D eigenvalue weighted by Gasteiger charge is -2.08. The SMILES string of the molecule is Nc1ccc(OCc2cncn2C2CC2)cc1. The molecule has 0 spiro atoms. The molecule has 0 bridgehead atoms. The van der Waals surface area contributed by atoms with Crippen LogP contribution in [0.15, 0.2) is 36.8 Å². The molecule has 1 fully saturated rings. The molecule has 0 radical (unpaired) electrons. The molecule has 0 aliphatic heterocycles. The van der Waals surface area contributed by atoms with Gasteiger partial charge in [-0.05, 0) is 37.1 Å². The number of benzene rings is 1. The molecule has 4 heteroatoms. The van der Waals surface area contributed by atoms with Crippen molar-refractivity contribution in [2.75, 3.05) is 5.73 Å². The van der Waals surface area contributed by atoms with Crippen molar-refractivity contribution in [1.29, 1.82) is 0 Å². The van der Waals surface area contributed by atoms with Crippen LogP contribution in [-0.2, 0) is 6.61 Å². The summed E-state index contributed by atoms with van der Waals surface area (Å²) < 4.78 is 7.91. The number of nitrogen functional groups attached to an aromatic ring is 1. The Bertz CT molecular complexity index is 500. The van der Waals surface area contributed by atoms with Crippen molar-refractivity contribution in [3.05, 3.63) is 42.5 Å². The summed E-state index contributed by atoms with van der Waals surface area (Å²) in [5.74, 6) is 0.836. The molecule has 2 aromatic rings. The van der Waals surface area contributed by atoms with E-state index in [1.807, 2.05) is 36.8 Å². The summed E-state index contributed by atoms with van der Waals surface area (Å²) in [5, 5.41) is 0. The van der Waals surface area contributed by atoms with Gasteiger partial charge in [-0.2, -0.15) is 0 Å². The number of aromatic nitrogens is 2. The molecule has 1 saturated carbocycles. The van der Waals surface area contributed by atoms with Crippen LogP contribution in [0.2, 0.25) is 0 Å². The zero-order valence-corrected chi connectivity index (χ0v) is 9.54. The van der Waals surface area contributed by atoms with Gasteiger partial charge in [0.05, 0.1) is 18.2 Å². The van der Waals surface area contributed by atoms with E-state index < -0.39 is 0 Å². The summed E-state index contributed by atoms with van der Waals surface area (Å²) in [7, 11) is 0. The minimum Gasteiger partial charge on any atom is -0.487 e. The third-order valence-corrected chi connectivity index (χ3v) is 2.95. The van der Waals surface area contributed by atoms with Crippen LogP contribution in [0.5, 0.6) is 5.75 Å². The highest BCUT2D eigenvalue weighted by Gasteiger charge is 2.25. The van der Waals surface area contributed by atoms with E-state index in [2.05, 4.69) is 9.55 Å². The Balaban J connectivity index is 1.67. The predicted octanol–water partition coefficient (Wildman–Crippen LogP) is 2.38. The lowest BCUT2D eigenvalue weighted by molar-refractivity contribution is 0.295. The molecular weight excluding hydrogens is 214 g/mol. The van der Waals surface area contributed by atoms with Crippen molar-refractivity contribution >= 4 is 5.69 Å². The van der Waals surface area contributed by atoms with Gasteiger partial charge in [-0.15, -0.1) is 0 Å². The topological polar surface area (TPSA) is 53.1 Å². The van der Waals surface area contributed by atoms with Gasteiger partial charge >= 0.3 is 0 Å². The number of nitrogens with two attached hydrogens (primary N) is 1. The minimum absolute atomic E-state index is 0.556. The van der Waals surface area contributed by atoms with Gasteiger partial charge in [-0.25, -0.2) is 4.98 Å². The monoisotopic (exact) mass is 229 g/mol. The lowest BCUT2D eigenvalue weighted by Crippen LogP contribution is -2.03. The van der Waals surface area contributed by atoms with E-state index in [0.717, 1.165) is 17.1 Å². The number of rotatable bonds is 4. The number of hydrogen-bond donors (Lipinski definition) is 1. The lowest BCUT2D eigenvalue weighted by atomic mass is 10.3. The van der Waals surface area contributed by atoms with E-state index in [9.17, 15) is 0 Å². The first-order valence-electron chi connectivity index (χ1n) is 5.82. The molecular formula is C13H15N3O. The summed E-state index contributed by atoms with van der Waals surface area (Å²) in [5.41, 5.74) is 7.50. The van der Waals surface area contributed by atoms with E-state index in [1.165, 1.54) is 12.8 Å². The van der Waals surface area contributed by atoms with Gasteiger partial charge in [0.15, 0.2) is 0 Å². The smallest absolute Gasteiger partial charge is 0.130 e. The Hall–Kier alpha value is -1.97. The van der Waals surface area contributed by atoms with Gasteiger partial charge < -0.3 is 15.0 Å². The fourth-order valence-electron chi connectivity index (χ4n) is 1.85. The first-order valence-corrected chi connectivity index (χ1v) is 5.82. The zero-order chi connectivity index (χ0) is 11.7. The summed E-state index contributed by atoms with van der Waals surface area (Å²) in [6.45, 7) is 0.556. The molecule has 2 N–H and O–H groups in total. The Kier molecular flexibility index (Phi) is 2.48. The van der Waals surface area contributed by atoms with Gasteiger partial charge in [-0.1, -0.05) is 0 Å². The van der Waals surface area contributed by atoms with E-state index in [1.54, 1.807) is 0 Å². The summed E-state index contributed by atoms with van der Waals surface area (Å²) in [6.07, 6.45) is 6.27. The first-order chi connectivity index (χ1) is 8.33. The van der Waals surface area contributed by atoms with Gasteiger partial charge in [0.2, 0.25) is 0 Å². The average Bonchev–Trinajstić information content (AvgIpc) is 3.08. The number of imidazole rings is 1. The van der Waals surface area contributed by atoms with E-state index in [4.69, 9.17) is 10.5 Å². The van der Waals surface area contributed by atoms with Gasteiger partial charge in [0.1, 0.15) is 12.4 Å². The van der Waals surface area contributed by atoms with Crippen LogP contribution in [0.1, 0.15) is 24.6 Å². The quantitative estimate of drug-likeness (QED) is 0.819. The summed E-state index contributed by atoms with van der Waals surface area (Å²) >= 11 is 0. The Labute approximate surface area is 100 Å². The zero-order valence-electron chi connectivity index (χ0n) is 9.54. The van der Waals surface area contributed by atoms with Crippen LogP contribution in [0.25, 0.3) is 0 Å². The highest BCUT2D eigenvalue weighted by atomic mass is 16.5. The van der Waals surface area contributed by atoms with Gasteiger partial charge in [0.25, 0.3) is 0 Å². The van der Waals surface area contributed by atoms with Crippen molar-refractivity contribution in [2.45, 2.75) is 25.5 Å². The third-order valence-electron chi connectivity index (χ3n) is 2.95. The molecule has 0 saturated heterocycles. The molecule has 0 atom stereocenters. The van der Waals surface area contributed by atoms with Crippen LogP contribution in [0.3, 0.4) is 0 Å². The Morgan fingerprint density at radius 3 is 2.76 bits per heavy atom. The molecule has 4 nitrogen and oxygen atoms in total. The first kappa shape index (κ1) is 10.2. The second-order valence-electron chi connectivity index (χ2n) is 4.38. The second-order valence-corrected chi connectivity index (χ2v) is 4.38. The van der Waals surface area contributed by atoms with Crippen molar-refractivity contribution in [3.63, 3.8) is 0 Å². The Morgan fingerprint density at radius 2 is 2.06 bits per heavy atom. The molecule has 0 unspecified atom stereocenters. The fraction of sp³-hybridized carbons (Fsp3) is 0.308. The van der Waals surface area contributed by atoms with Crippen molar-refractivity contribution in [2.24, 2.45) is 0 Å². The number of nitrogens with zero attached hydrogens (tertiary/aromatic N) is 2. The molecule has 1 aromatic carbocycles. The van der Waals surface area contributed by atoms with E-state index >= 15 is 0 Å². The molecule has 88 valence electrons. The molecule has 1 aliphatic carbocycles. The number of anilines is 1. The van der Waals surface area contributed by atoms with Crippen LogP contribution in [-0.4, -0.2) is 9.55 Å². The van der Waals surface area contributed by atoms with Crippen LogP contribution >= 0.6 is 0 Å². The standard InChI is InChI=1S/C13H15N3O/c14-10-1-5-13(6-2-10)17-8-12-7-15-9-16(12)11-3-4-11/h1-2,5-7,9,11H,3-4,8,14H2. The molecule has 1 heterocycles. The molecule has 17 heavy (non-hydrogen) atoms. The average molecular weight is 229 g/mol. The fourth-order valence-corrected chi connectivity index (χ4v) is 1.85. The molecule has 1 aliphatic rings. The maximum atomic E-state index is 5.71. The normalized spacial score (nSPS) is 14.8. The van der Waals surface area contributed by atoms with Crippen LogP contribution in [0.4, 0.5) is 5.69 Å². The van der Waals surface area contributed by atoms with Crippen LogP contribution in [0, 0.1) is 0 Å². The maximum Gasteiger partial charge on any atom is 0.130 e. The molecule has 3 rings (SSSR count). The summed E-state index contributed by atoms with van der Waals surface area (Å²) in [6, 6.07) is 8.09. The van der Waals surface area contributed by atoms with Crippen LogP contribution < -0.4 is 10.5 Å². The summed E-state index contributed by atoms with van der Waals surface area (Å²) in [4.78, 5) is 4.17. The molecule has 0 amide bonds. The van der Waals surface area contributed by atoms with E-state index in [0.29, 0.717) is 12.6 Å². The highest BCUT2D eigenvalue weighted by molar-refractivity contribution is 5.41. The third kappa shape index (κ3) is 2.25. The number of hydrogen-bond acceptors (Lipinski definition) is 3. The maximum absolute atomic E-state index is 5.71. The minimum atomic E-state index is 0.556. The van der Waals surface area contributed by atoms with Crippen molar-refractivity contribution < 1.29 is 4.74 Å². The van der Waals surface area contributed by atoms with Gasteiger partial charge in [-0.3, -0.25) is 0 Å². The predicted molar refractivity (Wildman–Crippen MR) is 65.7 cm³/mol. The largest absolute Gasteiger partial charge is 0.487 e.